The molecule has 1 saturated heterocycles. The number of hydrogen-bond donors (Lipinski definition) is 1. The van der Waals surface area contributed by atoms with E-state index in [9.17, 15) is 14.7 Å². The summed E-state index contributed by atoms with van der Waals surface area (Å²) >= 11 is 1.60. The minimum absolute atomic E-state index is 0.0752. The Morgan fingerprint density at radius 2 is 2.26 bits per heavy atom. The molecular formula is C16H21N3O3S. The van der Waals surface area contributed by atoms with Crippen LogP contribution in [0.2, 0.25) is 0 Å². The van der Waals surface area contributed by atoms with Gasteiger partial charge in [0.1, 0.15) is 5.01 Å². The minimum atomic E-state index is -0.688. The standard InChI is InChI=1S/C16H21N3O3S/c1-9-11(6-18(3)7-13-17-4-5-23-13)12(8-20)19-15(9)14(10(2)21)16(19)22/h4-5,8-10,14-15,21H,6-7H2,1-3H3/t9-,10+,14+,15?/m0/s1. The molecule has 1 unspecified atom stereocenters. The Hall–Kier alpha value is -1.57. The van der Waals surface area contributed by atoms with Gasteiger partial charge in [0.15, 0.2) is 6.29 Å². The van der Waals surface area contributed by atoms with Gasteiger partial charge in [-0.1, -0.05) is 6.92 Å². The molecule has 23 heavy (non-hydrogen) atoms. The van der Waals surface area contributed by atoms with E-state index in [2.05, 4.69) is 9.88 Å². The number of fused-ring (bicyclic) bond motifs is 1. The molecule has 7 heteroatoms. The first kappa shape index (κ1) is 16.3. The average molecular weight is 335 g/mol. The first-order valence-corrected chi connectivity index (χ1v) is 8.60. The Kier molecular flexibility index (Phi) is 4.35. The molecule has 0 aromatic carbocycles. The largest absolute Gasteiger partial charge is 0.393 e. The van der Waals surface area contributed by atoms with Crippen LogP contribution >= 0.6 is 11.3 Å². The van der Waals surface area contributed by atoms with Crippen LogP contribution in [0.5, 0.6) is 0 Å². The zero-order valence-corrected chi connectivity index (χ0v) is 14.3. The Morgan fingerprint density at radius 1 is 1.52 bits per heavy atom. The molecule has 1 amide bonds. The number of aliphatic hydroxyl groups is 1. The first-order valence-electron chi connectivity index (χ1n) is 7.72. The van der Waals surface area contributed by atoms with Crippen molar-refractivity contribution in [2.24, 2.45) is 11.8 Å². The normalized spacial score (nSPS) is 28.1. The van der Waals surface area contributed by atoms with Crippen LogP contribution in [0.1, 0.15) is 18.9 Å². The summed E-state index contributed by atoms with van der Waals surface area (Å²) < 4.78 is 0. The lowest BCUT2D eigenvalue weighted by atomic mass is 9.77. The van der Waals surface area contributed by atoms with Crippen LogP contribution in [0.4, 0.5) is 0 Å². The van der Waals surface area contributed by atoms with Crippen molar-refractivity contribution >= 4 is 23.5 Å². The second-order valence-electron chi connectivity index (χ2n) is 6.38. The van der Waals surface area contributed by atoms with E-state index in [-0.39, 0.29) is 17.9 Å². The molecule has 2 aliphatic rings. The second-order valence-corrected chi connectivity index (χ2v) is 7.36. The van der Waals surface area contributed by atoms with Crippen molar-refractivity contribution in [1.82, 2.24) is 14.8 Å². The molecule has 3 rings (SSSR count). The molecule has 0 spiro atoms. The molecule has 1 aromatic rings. The van der Waals surface area contributed by atoms with Gasteiger partial charge in [-0.3, -0.25) is 14.5 Å². The lowest BCUT2D eigenvalue weighted by Crippen LogP contribution is -2.63. The first-order chi connectivity index (χ1) is 11.0. The molecule has 1 aromatic heterocycles. The van der Waals surface area contributed by atoms with E-state index in [1.165, 1.54) is 0 Å². The molecule has 0 saturated carbocycles. The molecule has 124 valence electrons. The number of carbonyl (C=O) groups excluding carboxylic acids is 2. The van der Waals surface area contributed by atoms with E-state index in [1.807, 2.05) is 19.4 Å². The van der Waals surface area contributed by atoms with Crippen molar-refractivity contribution in [3.05, 3.63) is 27.9 Å². The van der Waals surface area contributed by atoms with Gasteiger partial charge in [0.05, 0.1) is 30.3 Å². The maximum absolute atomic E-state index is 12.2. The number of aromatic nitrogens is 1. The van der Waals surface area contributed by atoms with Crippen molar-refractivity contribution < 1.29 is 14.7 Å². The smallest absolute Gasteiger partial charge is 0.235 e. The van der Waals surface area contributed by atoms with Crippen molar-refractivity contribution in [3.8, 4) is 0 Å². The third-order valence-corrected chi connectivity index (χ3v) is 5.56. The summed E-state index contributed by atoms with van der Waals surface area (Å²) in [6.07, 6.45) is 1.87. The van der Waals surface area contributed by atoms with E-state index in [0.29, 0.717) is 18.8 Å². The summed E-state index contributed by atoms with van der Waals surface area (Å²) in [7, 11) is 1.98. The van der Waals surface area contributed by atoms with E-state index in [1.54, 1.807) is 29.4 Å². The van der Waals surface area contributed by atoms with Gasteiger partial charge in [0.2, 0.25) is 5.91 Å². The van der Waals surface area contributed by atoms with Gasteiger partial charge in [0.25, 0.3) is 0 Å². The van der Waals surface area contributed by atoms with Gasteiger partial charge < -0.3 is 10.0 Å². The van der Waals surface area contributed by atoms with E-state index in [0.717, 1.165) is 16.9 Å². The van der Waals surface area contributed by atoms with E-state index < -0.39 is 12.0 Å². The zero-order chi connectivity index (χ0) is 16.7. The number of allylic oxidation sites excluding steroid dienone is 1. The van der Waals surface area contributed by atoms with Gasteiger partial charge in [-0.25, -0.2) is 4.98 Å². The van der Waals surface area contributed by atoms with Crippen LogP contribution < -0.4 is 0 Å². The van der Waals surface area contributed by atoms with E-state index in [4.69, 9.17) is 0 Å². The van der Waals surface area contributed by atoms with Gasteiger partial charge in [-0.05, 0) is 19.5 Å². The highest BCUT2D eigenvalue weighted by Crippen LogP contribution is 2.46. The summed E-state index contributed by atoms with van der Waals surface area (Å²) in [5.74, 6) is -0.468. The SMILES string of the molecule is C[C@H]1C(CN(C)Cc2nccs2)=C(C=O)N2C(=O)[C@H]([C@@H](C)O)C12. The lowest BCUT2D eigenvalue weighted by molar-refractivity contribution is -0.160. The minimum Gasteiger partial charge on any atom is -0.393 e. The molecule has 0 bridgehead atoms. The maximum atomic E-state index is 12.2. The Labute approximate surface area is 139 Å². The van der Waals surface area contributed by atoms with Gasteiger partial charge >= 0.3 is 0 Å². The molecule has 6 nitrogen and oxygen atoms in total. The van der Waals surface area contributed by atoms with Gasteiger partial charge in [-0.15, -0.1) is 11.3 Å². The van der Waals surface area contributed by atoms with Gasteiger partial charge in [0, 0.05) is 24.0 Å². The predicted molar refractivity (Wildman–Crippen MR) is 86.5 cm³/mol. The van der Waals surface area contributed by atoms with Crippen molar-refractivity contribution in [3.63, 3.8) is 0 Å². The van der Waals surface area contributed by atoms with Gasteiger partial charge in [-0.2, -0.15) is 0 Å². The number of aliphatic hydroxyl groups excluding tert-OH is 1. The average Bonchev–Trinajstić information content (AvgIpc) is 3.05. The van der Waals surface area contributed by atoms with Crippen LogP contribution in [0.3, 0.4) is 0 Å². The summed E-state index contributed by atoms with van der Waals surface area (Å²) in [5.41, 5.74) is 1.45. The van der Waals surface area contributed by atoms with Crippen molar-refractivity contribution in [2.45, 2.75) is 32.5 Å². The van der Waals surface area contributed by atoms with E-state index >= 15 is 0 Å². The summed E-state index contributed by atoms with van der Waals surface area (Å²) in [6, 6.07) is -0.0917. The second kappa shape index (κ2) is 6.14. The fourth-order valence-electron chi connectivity index (χ4n) is 3.70. The quantitative estimate of drug-likeness (QED) is 0.617. The Bertz CT molecular complexity index is 641. The summed E-state index contributed by atoms with van der Waals surface area (Å²) in [4.78, 5) is 31.7. The number of aldehydes is 1. The number of carbonyl (C=O) groups is 2. The fraction of sp³-hybridized carbons (Fsp3) is 0.562. The lowest BCUT2D eigenvalue weighted by Gasteiger charge is -2.46. The number of rotatable bonds is 6. The summed E-state index contributed by atoms with van der Waals surface area (Å²) in [5, 5.41) is 12.8. The van der Waals surface area contributed by atoms with Crippen LogP contribution in [0, 0.1) is 11.8 Å². The highest BCUT2D eigenvalue weighted by molar-refractivity contribution is 7.09. The van der Waals surface area contributed by atoms with Crippen LogP contribution in [-0.4, -0.2) is 57.8 Å². The topological polar surface area (TPSA) is 73.7 Å². The van der Waals surface area contributed by atoms with Crippen LogP contribution in [0.25, 0.3) is 0 Å². The number of nitrogens with zero attached hydrogens (tertiary/aromatic N) is 3. The molecule has 0 radical (unpaired) electrons. The van der Waals surface area contributed by atoms with Crippen LogP contribution in [0.15, 0.2) is 22.8 Å². The fourth-order valence-corrected chi connectivity index (χ4v) is 4.39. The van der Waals surface area contributed by atoms with Crippen molar-refractivity contribution in [1.29, 1.82) is 0 Å². The molecule has 3 heterocycles. The highest BCUT2D eigenvalue weighted by atomic mass is 32.1. The predicted octanol–water partition coefficient (Wildman–Crippen LogP) is 0.885. The Morgan fingerprint density at radius 3 is 2.83 bits per heavy atom. The maximum Gasteiger partial charge on any atom is 0.235 e. The third kappa shape index (κ3) is 2.62. The Balaban J connectivity index is 1.77. The summed E-state index contributed by atoms with van der Waals surface area (Å²) in [6.45, 7) is 4.99. The molecular weight excluding hydrogens is 314 g/mol. The molecule has 0 aliphatic carbocycles. The monoisotopic (exact) mass is 335 g/mol. The molecule has 1 fully saturated rings. The van der Waals surface area contributed by atoms with Crippen LogP contribution in [-0.2, 0) is 16.1 Å². The number of hydrogen-bond acceptors (Lipinski definition) is 6. The molecule has 2 aliphatic heterocycles. The molecule has 1 N–H and O–H groups in total. The zero-order valence-electron chi connectivity index (χ0n) is 13.5. The number of thiazole rings is 1. The third-order valence-electron chi connectivity index (χ3n) is 4.80. The van der Waals surface area contributed by atoms with Crippen molar-refractivity contribution in [2.75, 3.05) is 13.6 Å². The highest BCUT2D eigenvalue weighted by Gasteiger charge is 2.58. The molecule has 4 atom stereocenters. The number of amides is 1. The number of β-lactam (4-membered cyclic amide) rings is 1. The number of likely N-dealkylation sites (N-methyl/N-ethyl adjacent to an activating group) is 1.